The highest BCUT2D eigenvalue weighted by molar-refractivity contribution is 6.51. The van der Waals surface area contributed by atoms with Crippen LogP contribution in [-0.4, -0.2) is 35.0 Å². The van der Waals surface area contributed by atoms with Crippen molar-refractivity contribution in [2.45, 2.75) is 32.9 Å². The molecular weight excluding hydrogens is 432 g/mol. The van der Waals surface area contributed by atoms with Gasteiger partial charge in [0, 0.05) is 23.6 Å². The fourth-order valence-electron chi connectivity index (χ4n) is 4.03. The Hall–Kier alpha value is -4.13. The SMILES string of the molecule is COc1ccc(N2C(=O)C(=O)/C(=C(\O)c3ccc(OC(C)C)c(C)c3)C2c2cccnc2)cc1. The molecule has 1 aliphatic rings. The lowest BCUT2D eigenvalue weighted by Crippen LogP contribution is -2.29. The number of methoxy groups -OCH3 is 1. The first-order valence-corrected chi connectivity index (χ1v) is 10.9. The molecule has 2 aromatic carbocycles. The number of nitrogens with zero attached hydrogens (tertiary/aromatic N) is 2. The molecule has 0 saturated carbocycles. The van der Waals surface area contributed by atoms with Crippen LogP contribution in [0.3, 0.4) is 0 Å². The molecule has 0 spiro atoms. The number of ether oxygens (including phenoxy) is 2. The largest absolute Gasteiger partial charge is 0.507 e. The number of aromatic nitrogens is 1. The molecule has 0 bridgehead atoms. The summed E-state index contributed by atoms with van der Waals surface area (Å²) in [6, 6.07) is 14.7. The zero-order chi connectivity index (χ0) is 24.4. The number of hydrogen-bond donors (Lipinski definition) is 1. The van der Waals surface area contributed by atoms with E-state index in [0.717, 1.165) is 5.56 Å². The molecule has 1 atom stereocenters. The van der Waals surface area contributed by atoms with Crippen LogP contribution in [0.2, 0.25) is 0 Å². The second kappa shape index (κ2) is 9.39. The Morgan fingerprint density at radius 2 is 1.82 bits per heavy atom. The smallest absolute Gasteiger partial charge is 0.300 e. The maximum Gasteiger partial charge on any atom is 0.300 e. The normalized spacial score (nSPS) is 17.3. The van der Waals surface area contributed by atoms with E-state index in [9.17, 15) is 14.7 Å². The number of aliphatic hydroxyl groups is 1. The van der Waals surface area contributed by atoms with Gasteiger partial charge in [0.25, 0.3) is 11.7 Å². The van der Waals surface area contributed by atoms with E-state index in [1.165, 1.54) is 4.90 Å². The van der Waals surface area contributed by atoms with Crippen LogP contribution in [0.4, 0.5) is 5.69 Å². The van der Waals surface area contributed by atoms with E-state index in [-0.39, 0.29) is 17.4 Å². The predicted molar refractivity (Wildman–Crippen MR) is 129 cm³/mol. The fourth-order valence-corrected chi connectivity index (χ4v) is 4.03. The summed E-state index contributed by atoms with van der Waals surface area (Å²) < 4.78 is 11.0. The third kappa shape index (κ3) is 4.24. The summed E-state index contributed by atoms with van der Waals surface area (Å²) in [6.07, 6.45) is 3.20. The van der Waals surface area contributed by atoms with Gasteiger partial charge in [-0.25, -0.2) is 0 Å². The molecule has 3 aromatic rings. The Kier molecular flexibility index (Phi) is 6.36. The standard InChI is InChI=1S/C27H26N2O5/c1-16(2)34-22-12-7-18(14-17(22)3)25(30)23-24(19-6-5-13-28-15-19)29(27(32)26(23)31)20-8-10-21(33-4)11-9-20/h5-16,24,30H,1-4H3/b25-23-. The number of Topliss-reactive ketones (excluding diaryl/α,β-unsaturated/α-hetero) is 1. The lowest BCUT2D eigenvalue weighted by atomic mass is 9.95. The lowest BCUT2D eigenvalue weighted by molar-refractivity contribution is -0.132. The van der Waals surface area contributed by atoms with Crippen molar-refractivity contribution >= 4 is 23.1 Å². The van der Waals surface area contributed by atoms with E-state index in [1.807, 2.05) is 20.8 Å². The summed E-state index contributed by atoms with van der Waals surface area (Å²) in [4.78, 5) is 32.0. The van der Waals surface area contributed by atoms with Gasteiger partial charge in [-0.05, 0) is 80.4 Å². The van der Waals surface area contributed by atoms with E-state index in [0.29, 0.717) is 28.3 Å². The van der Waals surface area contributed by atoms with E-state index < -0.39 is 17.7 Å². The molecule has 0 radical (unpaired) electrons. The molecule has 1 N–H and O–H groups in total. The first-order valence-electron chi connectivity index (χ1n) is 10.9. The average Bonchev–Trinajstić information content (AvgIpc) is 3.10. The van der Waals surface area contributed by atoms with Gasteiger partial charge in [0.15, 0.2) is 0 Å². The molecule has 34 heavy (non-hydrogen) atoms. The summed E-state index contributed by atoms with van der Waals surface area (Å²) in [5.41, 5.74) is 2.35. The minimum Gasteiger partial charge on any atom is -0.507 e. The van der Waals surface area contributed by atoms with Crippen molar-refractivity contribution < 1.29 is 24.2 Å². The van der Waals surface area contributed by atoms with Crippen molar-refractivity contribution in [1.82, 2.24) is 4.98 Å². The summed E-state index contributed by atoms with van der Waals surface area (Å²) in [5.74, 6) is -0.423. The van der Waals surface area contributed by atoms with Gasteiger partial charge in [-0.3, -0.25) is 19.5 Å². The Morgan fingerprint density at radius 3 is 2.41 bits per heavy atom. The van der Waals surface area contributed by atoms with Crippen molar-refractivity contribution in [2.75, 3.05) is 12.0 Å². The van der Waals surface area contributed by atoms with Gasteiger partial charge in [-0.15, -0.1) is 0 Å². The first-order chi connectivity index (χ1) is 16.3. The van der Waals surface area contributed by atoms with Crippen LogP contribution >= 0.6 is 0 Å². The molecule has 2 heterocycles. The Bertz CT molecular complexity index is 1250. The number of aryl methyl sites for hydroxylation is 1. The number of carbonyl (C=O) groups excluding carboxylic acids is 2. The number of benzene rings is 2. The van der Waals surface area contributed by atoms with Crippen LogP contribution in [0.15, 0.2) is 72.6 Å². The van der Waals surface area contributed by atoms with E-state index in [2.05, 4.69) is 4.98 Å². The van der Waals surface area contributed by atoms with Crippen LogP contribution in [0.5, 0.6) is 11.5 Å². The molecule has 7 nitrogen and oxygen atoms in total. The minimum atomic E-state index is -0.839. The molecule has 7 heteroatoms. The van der Waals surface area contributed by atoms with Gasteiger partial charge in [0.05, 0.1) is 24.8 Å². The number of anilines is 1. The zero-order valence-electron chi connectivity index (χ0n) is 19.5. The first kappa shape index (κ1) is 23.0. The van der Waals surface area contributed by atoms with Gasteiger partial charge in [-0.2, -0.15) is 0 Å². The van der Waals surface area contributed by atoms with E-state index in [1.54, 1.807) is 74.1 Å². The second-order valence-electron chi connectivity index (χ2n) is 8.30. The van der Waals surface area contributed by atoms with Crippen LogP contribution in [0.1, 0.15) is 36.6 Å². The number of hydrogen-bond acceptors (Lipinski definition) is 6. The van der Waals surface area contributed by atoms with Gasteiger partial charge >= 0.3 is 0 Å². The highest BCUT2D eigenvalue weighted by atomic mass is 16.5. The maximum absolute atomic E-state index is 13.2. The van der Waals surface area contributed by atoms with Crippen molar-refractivity contribution in [3.8, 4) is 11.5 Å². The number of ketones is 1. The zero-order valence-corrected chi connectivity index (χ0v) is 19.5. The van der Waals surface area contributed by atoms with Crippen molar-refractivity contribution in [3.05, 3.63) is 89.3 Å². The van der Waals surface area contributed by atoms with Gasteiger partial charge in [-0.1, -0.05) is 6.07 Å². The fraction of sp³-hybridized carbons (Fsp3) is 0.222. The number of rotatable bonds is 6. The number of aliphatic hydroxyl groups excluding tert-OH is 1. The van der Waals surface area contributed by atoms with Crippen LogP contribution in [0, 0.1) is 6.92 Å². The maximum atomic E-state index is 13.2. The van der Waals surface area contributed by atoms with Gasteiger partial charge < -0.3 is 14.6 Å². The number of pyridine rings is 1. The highest BCUT2D eigenvalue weighted by Gasteiger charge is 2.47. The molecule has 1 unspecified atom stereocenters. The topological polar surface area (TPSA) is 89.0 Å². The van der Waals surface area contributed by atoms with Crippen LogP contribution in [-0.2, 0) is 9.59 Å². The summed E-state index contributed by atoms with van der Waals surface area (Å²) in [6.45, 7) is 5.73. The summed E-state index contributed by atoms with van der Waals surface area (Å²) in [5, 5.41) is 11.3. The van der Waals surface area contributed by atoms with Crippen molar-refractivity contribution in [3.63, 3.8) is 0 Å². The van der Waals surface area contributed by atoms with E-state index >= 15 is 0 Å². The minimum absolute atomic E-state index is 0.00134. The molecule has 0 aliphatic carbocycles. The molecule has 4 rings (SSSR count). The lowest BCUT2D eigenvalue weighted by Gasteiger charge is -2.25. The monoisotopic (exact) mass is 458 g/mol. The third-order valence-electron chi connectivity index (χ3n) is 5.61. The Balaban J connectivity index is 1.86. The third-order valence-corrected chi connectivity index (χ3v) is 5.61. The molecular formula is C27H26N2O5. The quantitative estimate of drug-likeness (QED) is 0.324. The summed E-state index contributed by atoms with van der Waals surface area (Å²) >= 11 is 0. The molecule has 1 aromatic heterocycles. The van der Waals surface area contributed by atoms with Crippen LogP contribution in [0.25, 0.3) is 5.76 Å². The molecule has 1 aliphatic heterocycles. The predicted octanol–water partition coefficient (Wildman–Crippen LogP) is 4.81. The number of carbonyl (C=O) groups is 2. The second-order valence-corrected chi connectivity index (χ2v) is 8.30. The van der Waals surface area contributed by atoms with Gasteiger partial charge in [0.2, 0.25) is 0 Å². The number of amides is 1. The molecule has 1 fully saturated rings. The van der Waals surface area contributed by atoms with Crippen LogP contribution < -0.4 is 14.4 Å². The van der Waals surface area contributed by atoms with Gasteiger partial charge in [0.1, 0.15) is 17.3 Å². The molecule has 1 amide bonds. The molecule has 174 valence electrons. The summed E-state index contributed by atoms with van der Waals surface area (Å²) in [7, 11) is 1.55. The molecule has 1 saturated heterocycles. The Morgan fingerprint density at radius 1 is 1.09 bits per heavy atom. The van der Waals surface area contributed by atoms with E-state index in [4.69, 9.17) is 9.47 Å². The van der Waals surface area contributed by atoms with Crippen molar-refractivity contribution in [1.29, 1.82) is 0 Å². The van der Waals surface area contributed by atoms with Crippen molar-refractivity contribution in [2.24, 2.45) is 0 Å². The average molecular weight is 459 g/mol. The Labute approximate surface area is 198 Å². The highest BCUT2D eigenvalue weighted by Crippen LogP contribution is 2.42.